The Labute approximate surface area is 307 Å². The van der Waals surface area contributed by atoms with Crippen LogP contribution in [-0.2, 0) is 46.8 Å². The van der Waals surface area contributed by atoms with E-state index < -0.39 is 106 Å². The number of halogens is 2. The fourth-order valence-corrected chi connectivity index (χ4v) is 8.52. The van der Waals surface area contributed by atoms with Gasteiger partial charge in [0.2, 0.25) is 27.8 Å². The zero-order chi connectivity index (χ0) is 38.3. The maximum atomic E-state index is 15.2. The molecule has 6 rings (SSSR count). The number of ether oxygens (including phenoxy) is 2. The van der Waals surface area contributed by atoms with Crippen molar-refractivity contribution in [2.45, 2.75) is 126 Å². The number of amides is 5. The van der Waals surface area contributed by atoms with E-state index in [1.54, 1.807) is 20.8 Å². The minimum atomic E-state index is -4.01. The van der Waals surface area contributed by atoms with Crippen LogP contribution in [0.3, 0.4) is 0 Å². The summed E-state index contributed by atoms with van der Waals surface area (Å²) in [6, 6.07) is 4.76. The molecule has 1 saturated heterocycles. The number of nitrogens with one attached hydrogen (secondary N) is 3. The molecule has 3 aliphatic heterocycles. The van der Waals surface area contributed by atoms with Crippen LogP contribution in [0.15, 0.2) is 36.4 Å². The number of alkyl halides is 2. The van der Waals surface area contributed by atoms with Crippen molar-refractivity contribution < 1.29 is 50.6 Å². The van der Waals surface area contributed by atoms with Crippen LogP contribution in [-0.4, -0.2) is 102 Å². The molecule has 1 aromatic rings. The summed E-state index contributed by atoms with van der Waals surface area (Å²) in [4.78, 5) is 70.9. The van der Waals surface area contributed by atoms with Gasteiger partial charge in [-0.15, -0.1) is 0 Å². The van der Waals surface area contributed by atoms with E-state index in [0.29, 0.717) is 32.4 Å². The molecule has 0 radical (unpaired) electrons. The van der Waals surface area contributed by atoms with Crippen LogP contribution in [0, 0.1) is 5.92 Å². The van der Waals surface area contributed by atoms with Crippen LogP contribution in [0.4, 0.5) is 18.4 Å². The number of alkyl carbamates (subject to hydrolysis) is 1. The molecule has 5 aliphatic rings. The average Bonchev–Trinajstić information content (AvgIpc) is 4.00. The van der Waals surface area contributed by atoms with Crippen LogP contribution in [0.25, 0.3) is 0 Å². The molecule has 0 aromatic heterocycles. The third kappa shape index (κ3) is 9.10. The number of allylic oxidation sites excluding steroid dienone is 1. The zero-order valence-electron chi connectivity index (χ0n) is 30.1. The van der Waals surface area contributed by atoms with E-state index in [0.717, 1.165) is 16.0 Å². The highest BCUT2D eigenvalue weighted by atomic mass is 32.2. The molecule has 14 nitrogen and oxygen atoms in total. The monoisotopic (exact) mass is 763 g/mol. The smallest absolute Gasteiger partial charge is 0.410 e. The van der Waals surface area contributed by atoms with Crippen molar-refractivity contribution in [1.82, 2.24) is 25.2 Å². The number of fused-ring (bicyclic) bond motifs is 3. The Morgan fingerprint density at radius 3 is 2.45 bits per heavy atom. The molecule has 3 heterocycles. The standard InChI is InChI=1S/C36H47F2N5O9S/c1-34(2,3)52-32(47)39-27-13-16-35(37,38)15-7-6-10-24-19-36(24,31(46)41-53(49,50)26-11-12-26)40-29(44)28-18-25(21-43(28)30(27)45)51-33(48)42-17-14-22-8-4-5-9-23(22)20-42/h4-6,8-10,24-28H,7,11-21H2,1-3H3,(H,39,47)(H,40,44)(H,41,46)/t24-,25-,27+,28+,36-/m1/s1. The van der Waals surface area contributed by atoms with Crippen molar-refractivity contribution in [1.29, 1.82) is 0 Å². The second-order valence-corrected chi connectivity index (χ2v) is 17.7. The second-order valence-electron chi connectivity index (χ2n) is 15.7. The fourth-order valence-electron chi connectivity index (χ4n) is 7.15. The lowest BCUT2D eigenvalue weighted by Crippen LogP contribution is -2.58. The predicted molar refractivity (Wildman–Crippen MR) is 186 cm³/mol. The molecular formula is C36H47F2N5O9S. The quantitative estimate of drug-likeness (QED) is 0.380. The highest BCUT2D eigenvalue weighted by Crippen LogP contribution is 2.46. The molecule has 290 valence electrons. The predicted octanol–water partition coefficient (Wildman–Crippen LogP) is 3.29. The average molecular weight is 764 g/mol. The number of nitrogens with zero attached hydrogens (tertiary/aromatic N) is 2. The van der Waals surface area contributed by atoms with Gasteiger partial charge in [0, 0.05) is 38.3 Å². The Hall–Kier alpha value is -4.28. The third-order valence-corrected chi connectivity index (χ3v) is 12.1. The molecule has 53 heavy (non-hydrogen) atoms. The highest BCUT2D eigenvalue weighted by Gasteiger charge is 2.62. The summed E-state index contributed by atoms with van der Waals surface area (Å²) < 4.78 is 69.1. The van der Waals surface area contributed by atoms with E-state index in [-0.39, 0.29) is 25.8 Å². The Balaban J connectivity index is 1.28. The van der Waals surface area contributed by atoms with Crippen LogP contribution >= 0.6 is 0 Å². The summed E-state index contributed by atoms with van der Waals surface area (Å²) in [6.45, 7) is 5.15. The van der Waals surface area contributed by atoms with Gasteiger partial charge in [-0.3, -0.25) is 19.1 Å². The lowest BCUT2D eigenvalue weighted by Gasteiger charge is -2.31. The van der Waals surface area contributed by atoms with Crippen molar-refractivity contribution in [3.8, 4) is 0 Å². The molecule has 3 fully saturated rings. The van der Waals surface area contributed by atoms with Gasteiger partial charge < -0.3 is 29.9 Å². The summed E-state index contributed by atoms with van der Waals surface area (Å²) in [5, 5.41) is 4.37. The molecule has 5 amide bonds. The number of rotatable bonds is 5. The molecule has 0 unspecified atom stereocenters. The van der Waals surface area contributed by atoms with E-state index in [1.165, 1.54) is 17.1 Å². The molecule has 5 atom stereocenters. The van der Waals surface area contributed by atoms with Crippen LogP contribution in [0.5, 0.6) is 0 Å². The lowest BCUT2D eigenvalue weighted by atomic mass is 10.0. The van der Waals surface area contributed by atoms with E-state index in [4.69, 9.17) is 9.47 Å². The molecule has 2 saturated carbocycles. The van der Waals surface area contributed by atoms with Gasteiger partial charge in [-0.05, 0) is 70.4 Å². The molecule has 0 spiro atoms. The number of carbonyl (C=O) groups excluding carboxylic acids is 5. The van der Waals surface area contributed by atoms with E-state index in [1.807, 2.05) is 24.3 Å². The number of carbonyl (C=O) groups is 5. The van der Waals surface area contributed by atoms with Crippen LogP contribution in [0.1, 0.15) is 83.3 Å². The lowest BCUT2D eigenvalue weighted by molar-refractivity contribution is -0.141. The maximum absolute atomic E-state index is 15.2. The third-order valence-electron chi connectivity index (χ3n) is 10.3. The van der Waals surface area contributed by atoms with Gasteiger partial charge in [0.15, 0.2) is 0 Å². The number of benzene rings is 1. The minimum Gasteiger partial charge on any atom is -0.444 e. The van der Waals surface area contributed by atoms with E-state index in [2.05, 4.69) is 15.4 Å². The van der Waals surface area contributed by atoms with Gasteiger partial charge in [-0.25, -0.2) is 26.8 Å². The number of sulfonamides is 1. The van der Waals surface area contributed by atoms with Crippen molar-refractivity contribution in [2.24, 2.45) is 5.92 Å². The first-order chi connectivity index (χ1) is 24.9. The Kier molecular flexibility index (Phi) is 10.5. The molecule has 1 aromatic carbocycles. The SMILES string of the molecule is CC(C)(C)OC(=O)N[C@H]1CCC(F)(F)CCC=C[C@@H]2C[C@@]2(C(=O)NS(=O)(=O)C2CC2)NC(=O)[C@@H]2C[C@@H](OC(=O)N3CCc4ccccc4C3)CN2C1=O. The molecule has 2 aliphatic carbocycles. The summed E-state index contributed by atoms with van der Waals surface area (Å²) in [7, 11) is -4.01. The van der Waals surface area contributed by atoms with Gasteiger partial charge in [-0.2, -0.15) is 0 Å². The van der Waals surface area contributed by atoms with E-state index in [9.17, 15) is 32.4 Å². The summed E-state index contributed by atoms with van der Waals surface area (Å²) in [5.41, 5.74) is -0.638. The highest BCUT2D eigenvalue weighted by molar-refractivity contribution is 7.91. The fraction of sp³-hybridized carbons (Fsp3) is 0.639. The van der Waals surface area contributed by atoms with Gasteiger partial charge >= 0.3 is 12.2 Å². The summed E-state index contributed by atoms with van der Waals surface area (Å²) in [5.74, 6) is -6.63. The van der Waals surface area contributed by atoms with E-state index >= 15 is 8.78 Å². The van der Waals surface area contributed by atoms with Crippen molar-refractivity contribution >= 4 is 39.9 Å². The van der Waals surface area contributed by atoms with Gasteiger partial charge in [0.25, 0.3) is 5.91 Å². The van der Waals surface area contributed by atoms with Crippen molar-refractivity contribution in [3.05, 3.63) is 47.5 Å². The topological polar surface area (TPSA) is 181 Å². The normalized spacial score (nSPS) is 28.9. The zero-order valence-corrected chi connectivity index (χ0v) is 30.9. The number of hydrogen-bond donors (Lipinski definition) is 3. The van der Waals surface area contributed by atoms with Crippen molar-refractivity contribution in [2.75, 3.05) is 13.1 Å². The maximum Gasteiger partial charge on any atom is 0.410 e. The van der Waals surface area contributed by atoms with Gasteiger partial charge in [0.05, 0.1) is 11.8 Å². The summed E-state index contributed by atoms with van der Waals surface area (Å²) in [6.07, 6.45) is -0.529. The van der Waals surface area contributed by atoms with Crippen molar-refractivity contribution in [3.63, 3.8) is 0 Å². The Morgan fingerprint density at radius 2 is 1.75 bits per heavy atom. The largest absolute Gasteiger partial charge is 0.444 e. The van der Waals surface area contributed by atoms with Crippen LogP contribution in [0.2, 0.25) is 0 Å². The molecular weight excluding hydrogens is 716 g/mol. The summed E-state index contributed by atoms with van der Waals surface area (Å²) >= 11 is 0. The minimum absolute atomic E-state index is 0.00398. The Morgan fingerprint density at radius 1 is 1.04 bits per heavy atom. The van der Waals surface area contributed by atoms with Gasteiger partial charge in [-0.1, -0.05) is 36.4 Å². The first kappa shape index (κ1) is 38.4. The molecule has 17 heteroatoms. The van der Waals surface area contributed by atoms with Gasteiger partial charge in [0.1, 0.15) is 29.3 Å². The van der Waals surface area contributed by atoms with Crippen LogP contribution < -0.4 is 15.4 Å². The first-order valence-electron chi connectivity index (χ1n) is 18.1. The molecule has 3 N–H and O–H groups in total. The molecule has 0 bridgehead atoms. The Bertz CT molecular complexity index is 1780. The first-order valence-corrected chi connectivity index (χ1v) is 19.7. The number of hydrogen-bond acceptors (Lipinski definition) is 9. The second kappa shape index (κ2) is 14.5.